The van der Waals surface area contributed by atoms with Gasteiger partial charge < -0.3 is 4.74 Å². The van der Waals surface area contributed by atoms with Crippen LogP contribution in [0.4, 0.5) is 0 Å². The highest BCUT2D eigenvalue weighted by atomic mass is 16.5. The molecule has 1 saturated heterocycles. The average molecular weight is 227 g/mol. The van der Waals surface area contributed by atoms with Gasteiger partial charge in [0.2, 0.25) is 0 Å². The zero-order valence-corrected chi connectivity index (χ0v) is 10.2. The van der Waals surface area contributed by atoms with Gasteiger partial charge in [-0.25, -0.2) is 0 Å². The number of ketones is 1. The van der Waals surface area contributed by atoms with E-state index in [9.17, 15) is 9.59 Å². The lowest BCUT2D eigenvalue weighted by atomic mass is 10.0. The fraction of sp³-hybridized carbons (Fsp3) is 0.833. The number of carbonyl (C=O) groups is 2. The van der Waals surface area contributed by atoms with E-state index >= 15 is 0 Å². The van der Waals surface area contributed by atoms with Gasteiger partial charge in [-0.3, -0.25) is 14.5 Å². The number of hydrogen-bond acceptors (Lipinski definition) is 4. The molecule has 4 nitrogen and oxygen atoms in total. The van der Waals surface area contributed by atoms with Crippen LogP contribution in [-0.4, -0.2) is 42.4 Å². The minimum Gasteiger partial charge on any atom is -0.465 e. The van der Waals surface area contributed by atoms with Gasteiger partial charge in [0, 0.05) is 6.42 Å². The molecule has 0 radical (unpaired) electrons. The van der Waals surface area contributed by atoms with Crippen LogP contribution in [0.25, 0.3) is 0 Å². The van der Waals surface area contributed by atoms with E-state index in [1.165, 1.54) is 0 Å². The molecule has 1 heterocycles. The van der Waals surface area contributed by atoms with Gasteiger partial charge in [-0.05, 0) is 26.3 Å². The summed E-state index contributed by atoms with van der Waals surface area (Å²) in [5, 5.41) is 0. The fourth-order valence-electron chi connectivity index (χ4n) is 2.09. The van der Waals surface area contributed by atoms with E-state index in [-0.39, 0.29) is 17.8 Å². The monoisotopic (exact) mass is 227 g/mol. The van der Waals surface area contributed by atoms with Crippen molar-refractivity contribution in [1.82, 2.24) is 4.90 Å². The molecule has 4 heteroatoms. The zero-order valence-electron chi connectivity index (χ0n) is 10.2. The first-order valence-corrected chi connectivity index (χ1v) is 6.11. The van der Waals surface area contributed by atoms with E-state index in [2.05, 4.69) is 0 Å². The van der Waals surface area contributed by atoms with E-state index in [0.717, 1.165) is 25.8 Å². The Labute approximate surface area is 96.9 Å². The third-order valence-corrected chi connectivity index (χ3v) is 2.84. The summed E-state index contributed by atoms with van der Waals surface area (Å²) < 4.78 is 5.05. The maximum Gasteiger partial charge on any atom is 0.323 e. The van der Waals surface area contributed by atoms with Gasteiger partial charge in [-0.2, -0.15) is 0 Å². The Morgan fingerprint density at radius 2 is 2.25 bits per heavy atom. The second-order valence-electron chi connectivity index (χ2n) is 4.17. The Hall–Kier alpha value is -0.900. The first-order valence-electron chi connectivity index (χ1n) is 6.11. The van der Waals surface area contributed by atoms with Gasteiger partial charge >= 0.3 is 5.97 Å². The summed E-state index contributed by atoms with van der Waals surface area (Å²) >= 11 is 0. The summed E-state index contributed by atoms with van der Waals surface area (Å²) in [6, 6.07) is -0.228. The molecule has 0 amide bonds. The normalized spacial score (nSPS) is 19.5. The zero-order chi connectivity index (χ0) is 12.0. The van der Waals surface area contributed by atoms with E-state index < -0.39 is 0 Å². The van der Waals surface area contributed by atoms with Crippen LogP contribution in [-0.2, 0) is 14.3 Å². The fourth-order valence-corrected chi connectivity index (χ4v) is 2.09. The highest BCUT2D eigenvalue weighted by Crippen LogP contribution is 2.15. The summed E-state index contributed by atoms with van der Waals surface area (Å²) in [6.07, 6.45) is 3.21. The molecule has 0 saturated carbocycles. The Kier molecular flexibility index (Phi) is 5.46. The Morgan fingerprint density at radius 1 is 1.50 bits per heavy atom. The van der Waals surface area contributed by atoms with E-state index in [0.29, 0.717) is 19.6 Å². The molecule has 1 fully saturated rings. The molecule has 1 aliphatic heterocycles. The standard InChI is InChI=1S/C12H21NO3/c1-3-6-11(12(15)16-4-2)13-8-5-7-10(14)9-13/h11H,3-9H2,1-2H3. The van der Waals surface area contributed by atoms with E-state index in [4.69, 9.17) is 4.74 Å². The molecule has 0 aromatic rings. The minimum atomic E-state index is -0.228. The van der Waals surface area contributed by atoms with Crippen LogP contribution in [0.3, 0.4) is 0 Å². The first kappa shape index (κ1) is 13.2. The van der Waals surface area contributed by atoms with Crippen LogP contribution in [0.15, 0.2) is 0 Å². The highest BCUT2D eigenvalue weighted by molar-refractivity contribution is 5.83. The summed E-state index contributed by atoms with van der Waals surface area (Å²) in [4.78, 5) is 25.1. The number of piperidine rings is 1. The van der Waals surface area contributed by atoms with Crippen LogP contribution in [0.5, 0.6) is 0 Å². The quantitative estimate of drug-likeness (QED) is 0.666. The molecular formula is C12H21NO3. The van der Waals surface area contributed by atoms with Gasteiger partial charge in [0.1, 0.15) is 11.8 Å². The predicted molar refractivity (Wildman–Crippen MR) is 61.1 cm³/mol. The largest absolute Gasteiger partial charge is 0.465 e. The third-order valence-electron chi connectivity index (χ3n) is 2.84. The molecule has 1 unspecified atom stereocenters. The van der Waals surface area contributed by atoms with Gasteiger partial charge in [0.25, 0.3) is 0 Å². The number of esters is 1. The summed E-state index contributed by atoms with van der Waals surface area (Å²) in [5.41, 5.74) is 0. The van der Waals surface area contributed by atoms with Gasteiger partial charge in [0.15, 0.2) is 0 Å². The van der Waals surface area contributed by atoms with Crippen molar-refractivity contribution in [3.05, 3.63) is 0 Å². The van der Waals surface area contributed by atoms with Crippen molar-refractivity contribution in [3.63, 3.8) is 0 Å². The molecule has 0 aliphatic carbocycles. The lowest BCUT2D eigenvalue weighted by Gasteiger charge is -2.32. The minimum absolute atomic E-state index is 0.181. The molecule has 0 N–H and O–H groups in total. The summed E-state index contributed by atoms with van der Waals surface area (Å²) in [6.45, 7) is 5.49. The number of nitrogens with zero attached hydrogens (tertiary/aromatic N) is 1. The molecule has 1 aliphatic rings. The maximum absolute atomic E-state index is 11.8. The molecule has 1 atom stereocenters. The van der Waals surface area contributed by atoms with Crippen molar-refractivity contribution >= 4 is 11.8 Å². The van der Waals surface area contributed by atoms with Crippen LogP contribution in [0, 0.1) is 0 Å². The van der Waals surface area contributed by atoms with Gasteiger partial charge in [-0.1, -0.05) is 13.3 Å². The SMILES string of the molecule is CCCC(C(=O)OCC)N1CCCC(=O)C1. The molecule has 16 heavy (non-hydrogen) atoms. The van der Waals surface area contributed by atoms with Crippen molar-refractivity contribution in [2.75, 3.05) is 19.7 Å². The smallest absolute Gasteiger partial charge is 0.323 e. The van der Waals surface area contributed by atoms with Crippen molar-refractivity contribution < 1.29 is 14.3 Å². The van der Waals surface area contributed by atoms with Crippen LogP contribution in [0.2, 0.25) is 0 Å². The number of rotatable bonds is 5. The van der Waals surface area contributed by atoms with Gasteiger partial charge in [-0.15, -0.1) is 0 Å². The Bertz CT molecular complexity index is 253. The molecule has 0 spiro atoms. The summed E-state index contributed by atoms with van der Waals surface area (Å²) in [5.74, 6) is 0.0516. The van der Waals surface area contributed by atoms with E-state index in [1.54, 1.807) is 0 Å². The molecule has 92 valence electrons. The summed E-state index contributed by atoms with van der Waals surface area (Å²) in [7, 11) is 0. The topological polar surface area (TPSA) is 46.6 Å². The molecule has 0 aromatic carbocycles. The average Bonchev–Trinajstić information content (AvgIpc) is 2.26. The number of likely N-dealkylation sites (tertiary alicyclic amines) is 1. The Morgan fingerprint density at radius 3 is 2.81 bits per heavy atom. The Balaban J connectivity index is 2.60. The number of Topliss-reactive ketones (excluding diaryl/α,β-unsaturated/α-hetero) is 1. The van der Waals surface area contributed by atoms with Crippen LogP contribution in [0.1, 0.15) is 39.5 Å². The highest BCUT2D eigenvalue weighted by Gasteiger charge is 2.29. The number of hydrogen-bond donors (Lipinski definition) is 0. The van der Waals surface area contributed by atoms with Crippen molar-refractivity contribution in [1.29, 1.82) is 0 Å². The van der Waals surface area contributed by atoms with Crippen LogP contribution >= 0.6 is 0 Å². The maximum atomic E-state index is 11.8. The lowest BCUT2D eigenvalue weighted by molar-refractivity contribution is -0.150. The number of ether oxygens (including phenoxy) is 1. The molecule has 0 aromatic heterocycles. The van der Waals surface area contributed by atoms with Gasteiger partial charge in [0.05, 0.1) is 13.2 Å². The molecule has 0 bridgehead atoms. The van der Waals surface area contributed by atoms with Crippen molar-refractivity contribution in [2.24, 2.45) is 0 Å². The van der Waals surface area contributed by atoms with Crippen LogP contribution < -0.4 is 0 Å². The van der Waals surface area contributed by atoms with Crippen molar-refractivity contribution in [2.45, 2.75) is 45.6 Å². The third kappa shape index (κ3) is 3.59. The number of carbonyl (C=O) groups excluding carboxylic acids is 2. The van der Waals surface area contributed by atoms with E-state index in [1.807, 2.05) is 18.7 Å². The second-order valence-corrected chi connectivity index (χ2v) is 4.17. The first-order chi connectivity index (χ1) is 7.69. The van der Waals surface area contributed by atoms with Crippen molar-refractivity contribution in [3.8, 4) is 0 Å². The lowest BCUT2D eigenvalue weighted by Crippen LogP contribution is -2.47. The second kappa shape index (κ2) is 6.63. The molecule has 1 rings (SSSR count). The predicted octanol–water partition coefficient (Wildman–Crippen LogP) is 1.38. The molecular weight excluding hydrogens is 206 g/mol.